The number of imidazole rings is 1. The van der Waals surface area contributed by atoms with Crippen LogP contribution in [0.2, 0.25) is 0 Å². The second-order valence-corrected chi connectivity index (χ2v) is 5.58. The van der Waals surface area contributed by atoms with Crippen LogP contribution in [0.4, 0.5) is 5.69 Å². The lowest BCUT2D eigenvalue weighted by Crippen LogP contribution is -2.06. The van der Waals surface area contributed by atoms with E-state index >= 15 is 0 Å². The Balaban J connectivity index is 2.10. The van der Waals surface area contributed by atoms with Gasteiger partial charge in [0.05, 0.1) is 22.9 Å². The topological polar surface area (TPSA) is 87.0 Å². The van der Waals surface area contributed by atoms with Crippen molar-refractivity contribution in [3.8, 4) is 11.1 Å². The van der Waals surface area contributed by atoms with Crippen molar-refractivity contribution in [3.05, 3.63) is 82.4 Å². The van der Waals surface area contributed by atoms with Gasteiger partial charge in [-0.1, -0.05) is 30.3 Å². The summed E-state index contributed by atoms with van der Waals surface area (Å²) < 4.78 is 1.91. The molecule has 2 N–H and O–H groups in total. The minimum absolute atomic E-state index is 0.0370. The Bertz CT molecular complexity index is 859. The molecule has 0 spiro atoms. The smallest absolute Gasteiger partial charge is 0.277 e. The van der Waals surface area contributed by atoms with E-state index in [1.54, 1.807) is 24.7 Å². The number of nitrogens with two attached hydrogens (primary N) is 1. The molecule has 3 aromatic rings. The highest BCUT2D eigenvalue weighted by Gasteiger charge is 2.20. The Morgan fingerprint density at radius 1 is 1.25 bits per heavy atom. The van der Waals surface area contributed by atoms with Crippen molar-refractivity contribution in [1.82, 2.24) is 9.55 Å². The van der Waals surface area contributed by atoms with E-state index in [0.29, 0.717) is 12.1 Å². The molecular formula is C18H18N4O2. The van der Waals surface area contributed by atoms with E-state index < -0.39 is 0 Å². The Labute approximate surface area is 139 Å². The summed E-state index contributed by atoms with van der Waals surface area (Å²) in [7, 11) is 0. The van der Waals surface area contributed by atoms with Gasteiger partial charge in [0.25, 0.3) is 5.69 Å². The van der Waals surface area contributed by atoms with Crippen LogP contribution in [0.15, 0.2) is 61.2 Å². The first-order valence-corrected chi connectivity index (χ1v) is 7.66. The van der Waals surface area contributed by atoms with E-state index in [1.165, 1.54) is 0 Å². The van der Waals surface area contributed by atoms with Crippen LogP contribution in [-0.2, 0) is 6.54 Å². The predicted octanol–water partition coefficient (Wildman–Crippen LogP) is 3.53. The molecule has 1 atom stereocenters. The van der Waals surface area contributed by atoms with Crippen LogP contribution in [0.3, 0.4) is 0 Å². The van der Waals surface area contributed by atoms with Crippen LogP contribution in [0.25, 0.3) is 11.1 Å². The van der Waals surface area contributed by atoms with Gasteiger partial charge in [-0.15, -0.1) is 0 Å². The first kappa shape index (κ1) is 15.9. The average Bonchev–Trinajstić information content (AvgIpc) is 3.15. The van der Waals surface area contributed by atoms with Crippen LogP contribution in [-0.4, -0.2) is 14.5 Å². The van der Waals surface area contributed by atoms with Crippen LogP contribution in [0, 0.1) is 10.1 Å². The zero-order valence-electron chi connectivity index (χ0n) is 13.3. The van der Waals surface area contributed by atoms with Crippen LogP contribution >= 0.6 is 0 Å². The van der Waals surface area contributed by atoms with Crippen molar-refractivity contribution in [3.63, 3.8) is 0 Å². The molecule has 0 aliphatic carbocycles. The average molecular weight is 322 g/mol. The minimum atomic E-state index is -0.341. The molecule has 24 heavy (non-hydrogen) atoms. The normalized spacial score (nSPS) is 12.1. The molecule has 6 heteroatoms. The quantitative estimate of drug-likeness (QED) is 0.575. The maximum atomic E-state index is 11.6. The highest BCUT2D eigenvalue weighted by Crippen LogP contribution is 2.34. The molecule has 122 valence electrons. The first-order valence-electron chi connectivity index (χ1n) is 7.66. The molecule has 0 radical (unpaired) electrons. The molecule has 0 aliphatic heterocycles. The number of nitro groups is 1. The lowest BCUT2D eigenvalue weighted by molar-refractivity contribution is -0.384. The van der Waals surface area contributed by atoms with Crippen molar-refractivity contribution in [2.75, 3.05) is 0 Å². The number of benzene rings is 2. The van der Waals surface area contributed by atoms with Crippen molar-refractivity contribution in [2.24, 2.45) is 5.73 Å². The lowest BCUT2D eigenvalue weighted by Gasteiger charge is -2.15. The van der Waals surface area contributed by atoms with Gasteiger partial charge in [-0.2, -0.15) is 0 Å². The monoisotopic (exact) mass is 322 g/mol. The van der Waals surface area contributed by atoms with Gasteiger partial charge >= 0.3 is 0 Å². The molecule has 0 aliphatic rings. The molecule has 2 aromatic carbocycles. The third kappa shape index (κ3) is 2.91. The van der Waals surface area contributed by atoms with Crippen LogP contribution in [0.1, 0.15) is 24.1 Å². The second kappa shape index (κ2) is 6.64. The largest absolute Gasteiger partial charge is 0.330 e. The summed E-state index contributed by atoms with van der Waals surface area (Å²) in [6.07, 6.45) is 5.24. The number of nitrogens with zero attached hydrogens (tertiary/aromatic N) is 3. The fraction of sp³-hybridized carbons (Fsp3) is 0.167. The second-order valence-electron chi connectivity index (χ2n) is 5.58. The molecule has 0 saturated carbocycles. The number of hydrogen-bond donors (Lipinski definition) is 1. The fourth-order valence-electron chi connectivity index (χ4n) is 2.82. The van der Waals surface area contributed by atoms with Gasteiger partial charge in [-0.25, -0.2) is 4.98 Å². The van der Waals surface area contributed by atoms with E-state index in [2.05, 4.69) is 4.98 Å². The van der Waals surface area contributed by atoms with E-state index in [4.69, 9.17) is 5.73 Å². The van der Waals surface area contributed by atoms with Crippen LogP contribution < -0.4 is 5.73 Å². The van der Waals surface area contributed by atoms with Gasteiger partial charge in [0.15, 0.2) is 0 Å². The Hall–Kier alpha value is -2.99. The molecule has 3 rings (SSSR count). The number of nitro benzene ring substituents is 1. The molecule has 1 heterocycles. The van der Waals surface area contributed by atoms with E-state index in [-0.39, 0.29) is 16.7 Å². The van der Waals surface area contributed by atoms with Gasteiger partial charge in [0.2, 0.25) is 0 Å². The highest BCUT2D eigenvalue weighted by molar-refractivity contribution is 5.76. The Kier molecular flexibility index (Phi) is 4.39. The molecule has 0 bridgehead atoms. The summed E-state index contributed by atoms with van der Waals surface area (Å²) in [4.78, 5) is 15.3. The van der Waals surface area contributed by atoms with Gasteiger partial charge in [-0.3, -0.25) is 10.1 Å². The molecule has 0 amide bonds. The summed E-state index contributed by atoms with van der Waals surface area (Å²) in [6.45, 7) is 2.31. The number of hydrogen-bond acceptors (Lipinski definition) is 4. The molecule has 0 saturated heterocycles. The van der Waals surface area contributed by atoms with Gasteiger partial charge in [0.1, 0.15) is 0 Å². The maximum absolute atomic E-state index is 11.6. The van der Waals surface area contributed by atoms with Crippen molar-refractivity contribution < 1.29 is 4.92 Å². The summed E-state index contributed by atoms with van der Waals surface area (Å²) in [5.41, 5.74) is 8.99. The minimum Gasteiger partial charge on any atom is -0.330 e. The summed E-state index contributed by atoms with van der Waals surface area (Å²) in [5.74, 6) is 0. The SMILES string of the molecule is CC(c1ccc(-c2ccccc2CN)c([N+](=O)[O-])c1)n1ccnc1. The fourth-order valence-corrected chi connectivity index (χ4v) is 2.82. The molecular weight excluding hydrogens is 304 g/mol. The van der Waals surface area contributed by atoms with Gasteiger partial charge in [-0.05, 0) is 29.7 Å². The van der Waals surface area contributed by atoms with Crippen molar-refractivity contribution in [1.29, 1.82) is 0 Å². The molecule has 0 fully saturated rings. The van der Waals surface area contributed by atoms with Gasteiger partial charge in [0, 0.05) is 25.0 Å². The summed E-state index contributed by atoms with van der Waals surface area (Å²) in [5, 5.41) is 11.6. The lowest BCUT2D eigenvalue weighted by atomic mass is 9.95. The zero-order chi connectivity index (χ0) is 17.1. The molecule has 1 aromatic heterocycles. The third-order valence-corrected chi connectivity index (χ3v) is 4.20. The molecule has 6 nitrogen and oxygen atoms in total. The Morgan fingerprint density at radius 3 is 2.71 bits per heavy atom. The van der Waals surface area contributed by atoms with Gasteiger partial charge < -0.3 is 10.3 Å². The predicted molar refractivity (Wildman–Crippen MR) is 92.5 cm³/mol. The summed E-state index contributed by atoms with van der Waals surface area (Å²) >= 11 is 0. The first-order chi connectivity index (χ1) is 11.6. The maximum Gasteiger partial charge on any atom is 0.277 e. The van der Waals surface area contributed by atoms with E-state index in [0.717, 1.165) is 16.7 Å². The zero-order valence-corrected chi connectivity index (χ0v) is 13.3. The highest BCUT2D eigenvalue weighted by atomic mass is 16.6. The Morgan fingerprint density at radius 2 is 2.04 bits per heavy atom. The third-order valence-electron chi connectivity index (χ3n) is 4.20. The van der Waals surface area contributed by atoms with E-state index in [1.807, 2.05) is 48.0 Å². The van der Waals surface area contributed by atoms with Crippen molar-refractivity contribution >= 4 is 5.69 Å². The standard InChI is InChI=1S/C18H18N4O2/c1-13(21-9-8-20-12-21)14-6-7-17(18(10-14)22(23)24)16-5-3-2-4-15(16)11-19/h2-10,12-13H,11,19H2,1H3. The van der Waals surface area contributed by atoms with Crippen molar-refractivity contribution in [2.45, 2.75) is 19.5 Å². The molecule has 1 unspecified atom stereocenters. The van der Waals surface area contributed by atoms with Crippen LogP contribution in [0.5, 0.6) is 0 Å². The summed E-state index contributed by atoms with van der Waals surface area (Å²) in [6, 6.07) is 12.8. The van der Waals surface area contributed by atoms with E-state index in [9.17, 15) is 10.1 Å². The number of aromatic nitrogens is 2. The number of rotatable bonds is 5.